The topological polar surface area (TPSA) is 71.5 Å². The molecule has 0 atom stereocenters. The van der Waals surface area contributed by atoms with Crippen molar-refractivity contribution in [3.8, 4) is 16.9 Å². The molecular weight excluding hydrogens is 424 g/mol. The molecule has 1 aliphatic carbocycles. The van der Waals surface area contributed by atoms with E-state index in [0.29, 0.717) is 24.6 Å². The molecule has 1 fully saturated rings. The molecule has 34 heavy (non-hydrogen) atoms. The predicted molar refractivity (Wildman–Crippen MR) is 137 cm³/mol. The van der Waals surface area contributed by atoms with Crippen LogP contribution in [0.4, 0.5) is 0 Å². The van der Waals surface area contributed by atoms with Crippen molar-refractivity contribution >= 4 is 16.9 Å². The fourth-order valence-electron chi connectivity index (χ4n) is 4.82. The van der Waals surface area contributed by atoms with E-state index in [0.717, 1.165) is 52.2 Å². The maximum atomic E-state index is 10.6. The third kappa shape index (κ3) is 6.35. The molecule has 180 valence electrons. The van der Waals surface area contributed by atoms with Gasteiger partial charge in [-0.15, -0.1) is 0 Å². The summed E-state index contributed by atoms with van der Waals surface area (Å²) in [5.74, 6) is 0.946. The molecule has 5 nitrogen and oxygen atoms in total. The van der Waals surface area contributed by atoms with Crippen molar-refractivity contribution in [1.29, 1.82) is 0 Å². The minimum absolute atomic E-state index is 0.110. The molecule has 0 saturated heterocycles. The van der Waals surface area contributed by atoms with Gasteiger partial charge < -0.3 is 15.2 Å². The number of aliphatic carboxylic acids is 1. The number of carboxylic acids is 1. The van der Waals surface area contributed by atoms with Crippen LogP contribution < -0.4 is 10.1 Å². The number of hydrogen-bond donors (Lipinski definition) is 2. The van der Waals surface area contributed by atoms with E-state index in [1.54, 1.807) is 0 Å². The minimum Gasteiger partial charge on any atom is -0.490 e. The Labute approximate surface area is 202 Å². The van der Waals surface area contributed by atoms with Crippen LogP contribution in [-0.4, -0.2) is 28.7 Å². The number of pyridine rings is 1. The van der Waals surface area contributed by atoms with Crippen LogP contribution in [0.5, 0.6) is 5.75 Å². The second-order valence-corrected chi connectivity index (χ2v) is 10.5. The molecule has 0 bridgehead atoms. The van der Waals surface area contributed by atoms with Crippen molar-refractivity contribution < 1.29 is 14.6 Å². The Morgan fingerprint density at radius 2 is 1.71 bits per heavy atom. The lowest BCUT2D eigenvalue weighted by Crippen LogP contribution is -2.30. The zero-order valence-electron chi connectivity index (χ0n) is 20.5. The van der Waals surface area contributed by atoms with Crippen molar-refractivity contribution in [1.82, 2.24) is 10.3 Å². The number of hydrogen-bond acceptors (Lipinski definition) is 4. The Morgan fingerprint density at radius 1 is 1.00 bits per heavy atom. The van der Waals surface area contributed by atoms with Gasteiger partial charge in [-0.3, -0.25) is 9.78 Å². The standard InChI is InChI=1S/C29H36N2O3/c1-29(2,3)23-8-13-26(14-9-23)34-25-11-5-20(6-12-25)21-7-15-27-22(18-21)4-10-24(31-27)19-30-17-16-28(32)33/h4-7,10-12,15,18,23,26,30H,8-9,13-14,16-17,19H2,1-3H3,(H,32,33)/t23-,26-. The summed E-state index contributed by atoms with van der Waals surface area (Å²) < 4.78 is 6.30. The van der Waals surface area contributed by atoms with Crippen LogP contribution in [0.3, 0.4) is 0 Å². The quantitative estimate of drug-likeness (QED) is 0.378. The van der Waals surface area contributed by atoms with Crippen molar-refractivity contribution in [2.75, 3.05) is 6.54 Å². The summed E-state index contributed by atoms with van der Waals surface area (Å²) in [6.45, 7) is 8.04. The van der Waals surface area contributed by atoms with Gasteiger partial charge in [0.15, 0.2) is 0 Å². The summed E-state index contributed by atoms with van der Waals surface area (Å²) in [6, 6.07) is 18.8. The van der Waals surface area contributed by atoms with E-state index in [-0.39, 0.29) is 6.42 Å². The third-order valence-electron chi connectivity index (χ3n) is 6.96. The molecule has 1 aliphatic rings. The number of carboxylic acid groups (broad SMARTS) is 1. The average Bonchev–Trinajstić information content (AvgIpc) is 2.81. The summed E-state index contributed by atoms with van der Waals surface area (Å²) in [5.41, 5.74) is 4.54. The molecule has 2 aromatic carbocycles. The zero-order valence-corrected chi connectivity index (χ0v) is 20.5. The van der Waals surface area contributed by atoms with Gasteiger partial charge in [0.25, 0.3) is 0 Å². The Bertz CT molecular complexity index is 1110. The molecule has 0 amide bonds. The molecular formula is C29H36N2O3. The van der Waals surface area contributed by atoms with Gasteiger partial charge in [-0.05, 0) is 78.5 Å². The molecule has 1 aromatic heterocycles. The Hall–Kier alpha value is -2.92. The Morgan fingerprint density at radius 3 is 2.38 bits per heavy atom. The number of nitrogens with zero attached hydrogens (tertiary/aromatic N) is 1. The smallest absolute Gasteiger partial charge is 0.304 e. The molecule has 0 radical (unpaired) electrons. The highest BCUT2D eigenvalue weighted by Crippen LogP contribution is 2.39. The molecule has 3 aromatic rings. The van der Waals surface area contributed by atoms with E-state index in [9.17, 15) is 4.79 Å². The second kappa shape index (κ2) is 10.6. The molecule has 0 aliphatic heterocycles. The van der Waals surface area contributed by atoms with Gasteiger partial charge in [0.05, 0.1) is 23.7 Å². The van der Waals surface area contributed by atoms with E-state index in [2.05, 4.69) is 68.6 Å². The fraction of sp³-hybridized carbons (Fsp3) is 0.448. The fourth-order valence-corrected chi connectivity index (χ4v) is 4.82. The highest BCUT2D eigenvalue weighted by molar-refractivity contribution is 5.84. The third-order valence-corrected chi connectivity index (χ3v) is 6.96. The largest absolute Gasteiger partial charge is 0.490 e. The average molecular weight is 461 g/mol. The van der Waals surface area contributed by atoms with Gasteiger partial charge in [-0.1, -0.05) is 45.0 Å². The lowest BCUT2D eigenvalue weighted by atomic mass is 9.72. The van der Waals surface area contributed by atoms with E-state index in [4.69, 9.17) is 14.8 Å². The van der Waals surface area contributed by atoms with Crippen LogP contribution in [0.2, 0.25) is 0 Å². The lowest BCUT2D eigenvalue weighted by Gasteiger charge is -2.36. The number of rotatable bonds is 8. The van der Waals surface area contributed by atoms with Crippen LogP contribution in [-0.2, 0) is 11.3 Å². The van der Waals surface area contributed by atoms with Crippen LogP contribution in [0, 0.1) is 11.3 Å². The Kier molecular flexibility index (Phi) is 7.52. The summed E-state index contributed by atoms with van der Waals surface area (Å²) in [5, 5.41) is 12.9. The highest BCUT2D eigenvalue weighted by atomic mass is 16.5. The number of benzene rings is 2. The maximum Gasteiger partial charge on any atom is 0.304 e. The van der Waals surface area contributed by atoms with E-state index in [1.165, 1.54) is 12.8 Å². The first-order chi connectivity index (χ1) is 16.3. The van der Waals surface area contributed by atoms with Gasteiger partial charge in [0, 0.05) is 18.5 Å². The highest BCUT2D eigenvalue weighted by Gasteiger charge is 2.30. The molecule has 1 saturated carbocycles. The molecule has 0 unspecified atom stereocenters. The normalized spacial score (nSPS) is 18.7. The molecule has 2 N–H and O–H groups in total. The van der Waals surface area contributed by atoms with Crippen molar-refractivity contribution in [3.05, 3.63) is 60.3 Å². The van der Waals surface area contributed by atoms with Gasteiger partial charge in [-0.25, -0.2) is 0 Å². The lowest BCUT2D eigenvalue weighted by molar-refractivity contribution is -0.136. The van der Waals surface area contributed by atoms with Crippen molar-refractivity contribution in [2.24, 2.45) is 11.3 Å². The monoisotopic (exact) mass is 460 g/mol. The van der Waals surface area contributed by atoms with E-state index < -0.39 is 5.97 Å². The number of fused-ring (bicyclic) bond motifs is 1. The van der Waals surface area contributed by atoms with Gasteiger partial charge in [0.2, 0.25) is 0 Å². The zero-order chi connectivity index (χ0) is 24.1. The minimum atomic E-state index is -0.797. The summed E-state index contributed by atoms with van der Waals surface area (Å²) in [4.78, 5) is 15.3. The van der Waals surface area contributed by atoms with Crippen molar-refractivity contribution in [3.63, 3.8) is 0 Å². The van der Waals surface area contributed by atoms with Gasteiger partial charge in [0.1, 0.15) is 5.75 Å². The number of ether oxygens (including phenoxy) is 1. The number of nitrogens with one attached hydrogen (secondary N) is 1. The number of aromatic nitrogens is 1. The van der Waals surface area contributed by atoms with E-state index in [1.807, 2.05) is 12.1 Å². The van der Waals surface area contributed by atoms with Crippen LogP contribution in [0.1, 0.15) is 58.6 Å². The first-order valence-electron chi connectivity index (χ1n) is 12.4. The molecule has 1 heterocycles. The van der Waals surface area contributed by atoms with Gasteiger partial charge >= 0.3 is 5.97 Å². The number of carbonyl (C=O) groups is 1. The first-order valence-corrected chi connectivity index (χ1v) is 12.4. The molecule has 4 rings (SSSR count). The predicted octanol–water partition coefficient (Wildman–Crippen LogP) is 6.45. The van der Waals surface area contributed by atoms with E-state index >= 15 is 0 Å². The molecule has 0 spiro atoms. The first kappa shape index (κ1) is 24.2. The second-order valence-electron chi connectivity index (χ2n) is 10.5. The van der Waals surface area contributed by atoms with Crippen molar-refractivity contribution in [2.45, 2.75) is 65.5 Å². The van der Waals surface area contributed by atoms with Crippen LogP contribution in [0.15, 0.2) is 54.6 Å². The SMILES string of the molecule is CC(C)(C)[C@H]1CC[C@H](Oc2ccc(-c3ccc4nc(CNCCC(=O)O)ccc4c3)cc2)CC1. The maximum absolute atomic E-state index is 10.6. The van der Waals surface area contributed by atoms with Crippen LogP contribution in [0.25, 0.3) is 22.0 Å². The Balaban J connectivity index is 1.35. The van der Waals surface area contributed by atoms with Gasteiger partial charge in [-0.2, -0.15) is 0 Å². The van der Waals surface area contributed by atoms with Crippen LogP contribution >= 0.6 is 0 Å². The summed E-state index contributed by atoms with van der Waals surface area (Å²) in [7, 11) is 0. The summed E-state index contributed by atoms with van der Waals surface area (Å²) >= 11 is 0. The summed E-state index contributed by atoms with van der Waals surface area (Å²) in [6.07, 6.45) is 5.20. The molecule has 5 heteroatoms.